The number of hydrogen-bond donors (Lipinski definition) is 3. The fourth-order valence-electron chi connectivity index (χ4n) is 2.46. The number of carboxylic acid groups (broad SMARTS) is 1. The largest absolute Gasteiger partial charge is 0.480 e. The minimum Gasteiger partial charge on any atom is -0.480 e. The third kappa shape index (κ3) is 4.97. The lowest BCUT2D eigenvalue weighted by Gasteiger charge is -2.26. The highest BCUT2D eigenvalue weighted by atomic mass is 16.5. The standard InChI is InChI=1S/C15H23N3O6/c1-4-9(2)12(14(21)22)17-13(20)10-6-5-7-18(10)11(19)8-16-15(23)24-3/h4,9-10,12H,1,5-8H2,2-3H3,(H,16,23)(H,17,20)(H,21,22). The van der Waals surface area contributed by atoms with Crippen molar-refractivity contribution in [1.29, 1.82) is 0 Å². The minimum absolute atomic E-state index is 0.290. The predicted octanol–water partition coefficient (Wildman–Crippen LogP) is -0.275. The molecule has 3 N–H and O–H groups in total. The van der Waals surface area contributed by atoms with Gasteiger partial charge in [-0.05, 0) is 12.8 Å². The van der Waals surface area contributed by atoms with Gasteiger partial charge >= 0.3 is 12.1 Å². The van der Waals surface area contributed by atoms with E-state index < -0.39 is 41.9 Å². The molecule has 134 valence electrons. The van der Waals surface area contributed by atoms with Crippen molar-refractivity contribution in [1.82, 2.24) is 15.5 Å². The van der Waals surface area contributed by atoms with Gasteiger partial charge in [-0.3, -0.25) is 9.59 Å². The van der Waals surface area contributed by atoms with E-state index in [1.54, 1.807) is 6.92 Å². The second kappa shape index (κ2) is 8.90. The average molecular weight is 341 g/mol. The molecular weight excluding hydrogens is 318 g/mol. The van der Waals surface area contributed by atoms with Crippen LogP contribution in [-0.2, 0) is 19.1 Å². The Balaban J connectivity index is 2.71. The summed E-state index contributed by atoms with van der Waals surface area (Å²) in [6.07, 6.45) is 1.76. The van der Waals surface area contributed by atoms with Crippen LogP contribution >= 0.6 is 0 Å². The number of ether oxygens (including phenoxy) is 1. The molecule has 3 amide bonds. The minimum atomic E-state index is -1.17. The molecule has 0 aliphatic carbocycles. The van der Waals surface area contributed by atoms with Crippen LogP contribution in [0.5, 0.6) is 0 Å². The lowest BCUT2D eigenvalue weighted by Crippen LogP contribution is -2.53. The first-order chi connectivity index (χ1) is 11.3. The van der Waals surface area contributed by atoms with Gasteiger partial charge in [0.1, 0.15) is 18.6 Å². The second-order valence-corrected chi connectivity index (χ2v) is 5.51. The summed E-state index contributed by atoms with van der Waals surface area (Å²) in [5.41, 5.74) is 0. The van der Waals surface area contributed by atoms with E-state index >= 15 is 0 Å². The summed E-state index contributed by atoms with van der Waals surface area (Å²) in [6, 6.07) is -1.86. The zero-order chi connectivity index (χ0) is 18.3. The molecule has 0 aromatic carbocycles. The van der Waals surface area contributed by atoms with Gasteiger partial charge in [0, 0.05) is 12.5 Å². The van der Waals surface area contributed by atoms with Gasteiger partial charge in [-0.1, -0.05) is 13.0 Å². The zero-order valence-electron chi connectivity index (χ0n) is 13.8. The van der Waals surface area contributed by atoms with Gasteiger partial charge in [0.05, 0.1) is 7.11 Å². The van der Waals surface area contributed by atoms with Crippen molar-refractivity contribution in [3.05, 3.63) is 12.7 Å². The number of nitrogens with zero attached hydrogens (tertiary/aromatic N) is 1. The molecular formula is C15H23N3O6. The fraction of sp³-hybridized carbons (Fsp3) is 0.600. The summed E-state index contributed by atoms with van der Waals surface area (Å²) >= 11 is 0. The van der Waals surface area contributed by atoms with E-state index in [9.17, 15) is 24.3 Å². The van der Waals surface area contributed by atoms with E-state index in [1.807, 2.05) is 0 Å². The number of likely N-dealkylation sites (tertiary alicyclic amines) is 1. The monoisotopic (exact) mass is 341 g/mol. The molecule has 3 unspecified atom stereocenters. The molecule has 1 aliphatic rings. The smallest absolute Gasteiger partial charge is 0.407 e. The van der Waals surface area contributed by atoms with Crippen LogP contribution in [0.4, 0.5) is 4.79 Å². The highest BCUT2D eigenvalue weighted by molar-refractivity contribution is 5.92. The Morgan fingerprint density at radius 1 is 1.42 bits per heavy atom. The van der Waals surface area contributed by atoms with Crippen molar-refractivity contribution in [2.75, 3.05) is 20.2 Å². The molecule has 1 aliphatic heterocycles. The highest BCUT2D eigenvalue weighted by Crippen LogP contribution is 2.18. The second-order valence-electron chi connectivity index (χ2n) is 5.51. The molecule has 0 spiro atoms. The molecule has 0 aromatic rings. The first-order valence-electron chi connectivity index (χ1n) is 7.58. The number of hydrogen-bond acceptors (Lipinski definition) is 5. The summed E-state index contributed by atoms with van der Waals surface area (Å²) < 4.78 is 4.38. The molecule has 9 nitrogen and oxygen atoms in total. The van der Waals surface area contributed by atoms with Gasteiger partial charge in [0.2, 0.25) is 11.8 Å². The molecule has 1 rings (SSSR count). The fourth-order valence-corrected chi connectivity index (χ4v) is 2.46. The Kier molecular flexibility index (Phi) is 7.22. The number of amides is 3. The van der Waals surface area contributed by atoms with Crippen molar-refractivity contribution in [3.63, 3.8) is 0 Å². The third-order valence-electron chi connectivity index (χ3n) is 3.91. The summed E-state index contributed by atoms with van der Waals surface area (Å²) in [5.74, 6) is -2.58. The summed E-state index contributed by atoms with van der Waals surface area (Å²) in [4.78, 5) is 48.1. The first-order valence-corrected chi connectivity index (χ1v) is 7.58. The SMILES string of the molecule is C=CC(C)C(NC(=O)C1CCCN1C(=O)CNC(=O)OC)C(=O)O. The molecule has 1 fully saturated rings. The Hall–Kier alpha value is -2.58. The Morgan fingerprint density at radius 2 is 2.08 bits per heavy atom. The van der Waals surface area contributed by atoms with Crippen LogP contribution in [0.25, 0.3) is 0 Å². The summed E-state index contributed by atoms with van der Waals surface area (Å²) in [7, 11) is 1.18. The lowest BCUT2D eigenvalue weighted by molar-refractivity contribution is -0.144. The molecule has 0 bridgehead atoms. The quantitative estimate of drug-likeness (QED) is 0.547. The third-order valence-corrected chi connectivity index (χ3v) is 3.91. The number of aliphatic carboxylic acids is 1. The number of carboxylic acids is 1. The van der Waals surface area contributed by atoms with Crippen molar-refractivity contribution < 1.29 is 29.0 Å². The Bertz CT molecular complexity index is 521. The first kappa shape index (κ1) is 19.5. The van der Waals surface area contributed by atoms with Gasteiger partial charge in [-0.2, -0.15) is 0 Å². The number of carbonyl (C=O) groups is 4. The van der Waals surface area contributed by atoms with Gasteiger partial charge < -0.3 is 25.4 Å². The van der Waals surface area contributed by atoms with E-state index in [4.69, 9.17) is 0 Å². The average Bonchev–Trinajstić information content (AvgIpc) is 3.05. The zero-order valence-corrected chi connectivity index (χ0v) is 13.8. The Morgan fingerprint density at radius 3 is 2.62 bits per heavy atom. The number of nitrogens with one attached hydrogen (secondary N) is 2. The van der Waals surface area contributed by atoms with Crippen molar-refractivity contribution >= 4 is 23.9 Å². The van der Waals surface area contributed by atoms with Crippen LogP contribution in [0.1, 0.15) is 19.8 Å². The predicted molar refractivity (Wildman–Crippen MR) is 84.1 cm³/mol. The number of carbonyl (C=O) groups excluding carboxylic acids is 3. The maximum atomic E-state index is 12.4. The summed E-state index contributed by atoms with van der Waals surface area (Å²) in [5, 5.41) is 13.9. The Labute approximate surface area is 140 Å². The normalized spacial score (nSPS) is 19.1. The molecule has 0 radical (unpaired) electrons. The van der Waals surface area contributed by atoms with E-state index in [0.29, 0.717) is 19.4 Å². The molecule has 24 heavy (non-hydrogen) atoms. The molecule has 0 aromatic heterocycles. The molecule has 0 saturated carbocycles. The van der Waals surface area contributed by atoms with Crippen LogP contribution in [0.3, 0.4) is 0 Å². The van der Waals surface area contributed by atoms with E-state index in [0.717, 1.165) is 0 Å². The molecule has 9 heteroatoms. The maximum absolute atomic E-state index is 12.4. The van der Waals surface area contributed by atoms with Crippen LogP contribution < -0.4 is 10.6 Å². The van der Waals surface area contributed by atoms with Crippen LogP contribution in [0.15, 0.2) is 12.7 Å². The number of alkyl carbamates (subject to hydrolysis) is 1. The van der Waals surface area contributed by atoms with E-state index in [1.165, 1.54) is 18.1 Å². The topological polar surface area (TPSA) is 125 Å². The molecule has 3 atom stereocenters. The van der Waals surface area contributed by atoms with Gasteiger partial charge in [0.15, 0.2) is 0 Å². The van der Waals surface area contributed by atoms with Crippen molar-refractivity contribution in [2.24, 2.45) is 5.92 Å². The van der Waals surface area contributed by atoms with Gasteiger partial charge in [0.25, 0.3) is 0 Å². The highest BCUT2D eigenvalue weighted by Gasteiger charge is 2.36. The molecule has 1 heterocycles. The molecule has 1 saturated heterocycles. The van der Waals surface area contributed by atoms with E-state index in [2.05, 4.69) is 21.9 Å². The van der Waals surface area contributed by atoms with Crippen molar-refractivity contribution in [3.8, 4) is 0 Å². The van der Waals surface area contributed by atoms with Gasteiger partial charge in [-0.25, -0.2) is 9.59 Å². The maximum Gasteiger partial charge on any atom is 0.407 e. The van der Waals surface area contributed by atoms with Crippen LogP contribution in [0.2, 0.25) is 0 Å². The van der Waals surface area contributed by atoms with Crippen LogP contribution in [0, 0.1) is 5.92 Å². The van der Waals surface area contributed by atoms with Crippen molar-refractivity contribution in [2.45, 2.75) is 31.8 Å². The lowest BCUT2D eigenvalue weighted by atomic mass is 10.0. The van der Waals surface area contributed by atoms with Gasteiger partial charge in [-0.15, -0.1) is 6.58 Å². The van der Waals surface area contributed by atoms with Crippen LogP contribution in [-0.4, -0.2) is 66.2 Å². The summed E-state index contributed by atoms with van der Waals surface area (Å²) in [6.45, 7) is 5.24. The number of methoxy groups -OCH3 is 1. The number of rotatable bonds is 7. The van der Waals surface area contributed by atoms with E-state index in [-0.39, 0.29) is 6.54 Å².